The Bertz CT molecular complexity index is 3340. The van der Waals surface area contributed by atoms with Crippen molar-refractivity contribution < 1.29 is 56.3 Å². The number of aliphatic imine (C=N–C) groups is 2. The Morgan fingerprint density at radius 2 is 1.14 bits per heavy atom. The molecule has 17 heteroatoms. The first-order valence-electron chi connectivity index (χ1n) is 21.2. The molecular formula is C53H40CoN8O8. The Balaban J connectivity index is 0.000000227. The summed E-state index contributed by atoms with van der Waals surface area (Å²) in [6.07, 6.45) is 3.16. The molecule has 0 aliphatic rings. The van der Waals surface area contributed by atoms with E-state index in [1.165, 1.54) is 23.2 Å². The third-order valence-corrected chi connectivity index (χ3v) is 10.5. The maximum Gasteiger partial charge on any atom is 0.359 e. The average Bonchev–Trinajstić information content (AvgIpc) is 3.89. The van der Waals surface area contributed by atoms with Crippen LogP contribution in [0.1, 0.15) is 67.4 Å². The van der Waals surface area contributed by atoms with Gasteiger partial charge in [-0.25, -0.2) is 23.9 Å². The monoisotopic (exact) mass is 975 g/mol. The molecule has 0 aliphatic carbocycles. The molecule has 0 saturated heterocycles. The maximum atomic E-state index is 12.5. The molecule has 2 heterocycles. The Kier molecular flexibility index (Phi) is 16.3. The van der Waals surface area contributed by atoms with Crippen LogP contribution >= 0.6 is 0 Å². The molecule has 0 atom stereocenters. The molecule has 4 N–H and O–H groups in total. The minimum Gasteiger partial charge on any atom is -0.493 e. The number of esters is 1. The molecule has 16 nitrogen and oxygen atoms in total. The second-order valence-electron chi connectivity index (χ2n) is 14.8. The molecule has 6 aromatic carbocycles. The van der Waals surface area contributed by atoms with Gasteiger partial charge in [-0.05, 0) is 96.3 Å². The van der Waals surface area contributed by atoms with Crippen molar-refractivity contribution in [3.63, 3.8) is 0 Å². The molecule has 8 aromatic rings. The van der Waals surface area contributed by atoms with E-state index < -0.39 is 23.8 Å². The van der Waals surface area contributed by atoms with Gasteiger partial charge in [0, 0.05) is 29.2 Å². The number of aromatic carboxylic acids is 2. The third kappa shape index (κ3) is 11.2. The summed E-state index contributed by atoms with van der Waals surface area (Å²) in [5.41, 5.74) is 6.35. The molecule has 0 aliphatic heterocycles. The van der Waals surface area contributed by atoms with E-state index in [-0.39, 0.29) is 63.0 Å². The van der Waals surface area contributed by atoms with Crippen LogP contribution in [0, 0.1) is 17.9 Å². The summed E-state index contributed by atoms with van der Waals surface area (Å²) in [6, 6.07) is 43.6. The van der Waals surface area contributed by atoms with Gasteiger partial charge in [0.05, 0.1) is 75.5 Å². The number of nitrogens with zero attached hydrogens (tertiary/aromatic N) is 8. The first kappa shape index (κ1) is 50.0. The summed E-state index contributed by atoms with van der Waals surface area (Å²) in [4.78, 5) is 48.3. The van der Waals surface area contributed by atoms with Gasteiger partial charge in [0.25, 0.3) is 0 Å². The standard InChI is InChI=1S/C27H20N4O5.C26H20N4O3.Co/c1-3-36-27(35)24-22(25(32)31(30-24)20-12-10-19(28-2)11-13-20)16-29-23-14-9-18(15-21(23)26(33)34)17-7-5-4-6-8-17;1-2-23-22(25(31)30(29-23)20-11-8-17(15-27)9-12-20)16-28-24-13-10-19(14-21(24)26(32)33)18-6-4-3-5-7-18;/h4-16,32H,3H2,1H3,(H,33,34);3-14,16,31H,2H2,1H3,(H,32,33);. The van der Waals surface area contributed by atoms with Gasteiger partial charge in [-0.2, -0.15) is 20.1 Å². The van der Waals surface area contributed by atoms with Crippen LogP contribution in [0.15, 0.2) is 156 Å². The van der Waals surface area contributed by atoms with E-state index in [4.69, 9.17) is 16.6 Å². The van der Waals surface area contributed by atoms with Crippen LogP contribution in [-0.4, -0.2) is 76.9 Å². The molecule has 2 aromatic heterocycles. The van der Waals surface area contributed by atoms with Crippen molar-refractivity contribution in [1.82, 2.24) is 19.6 Å². The van der Waals surface area contributed by atoms with Crippen LogP contribution in [-0.2, 0) is 27.9 Å². The van der Waals surface area contributed by atoms with Crippen molar-refractivity contribution in [2.45, 2.75) is 20.3 Å². The largest absolute Gasteiger partial charge is 0.493 e. The van der Waals surface area contributed by atoms with Crippen LogP contribution in [0.4, 0.5) is 17.1 Å². The van der Waals surface area contributed by atoms with Crippen LogP contribution in [0.5, 0.6) is 11.8 Å². The van der Waals surface area contributed by atoms with Gasteiger partial charge in [0.1, 0.15) is 0 Å². The van der Waals surface area contributed by atoms with E-state index in [9.17, 15) is 34.8 Å². The zero-order chi connectivity index (χ0) is 49.0. The number of hydrogen-bond acceptors (Lipinski definition) is 11. The predicted octanol–water partition coefficient (Wildman–Crippen LogP) is 10.5. The first-order chi connectivity index (χ1) is 33.4. The van der Waals surface area contributed by atoms with E-state index in [1.54, 1.807) is 79.7 Å². The number of ether oxygens (including phenoxy) is 1. The van der Waals surface area contributed by atoms with E-state index in [0.29, 0.717) is 45.9 Å². The fraction of sp³-hybridized carbons (Fsp3) is 0.0755. The Morgan fingerprint density at radius 3 is 1.60 bits per heavy atom. The number of aryl methyl sites for hydroxylation is 1. The molecule has 0 fully saturated rings. The van der Waals surface area contributed by atoms with E-state index >= 15 is 0 Å². The Labute approximate surface area is 411 Å². The van der Waals surface area contributed by atoms with Crippen molar-refractivity contribution in [3.05, 3.63) is 196 Å². The molecule has 8 rings (SSSR count). The van der Waals surface area contributed by atoms with Crippen molar-refractivity contribution in [1.29, 1.82) is 5.26 Å². The number of benzene rings is 6. The number of aromatic nitrogens is 4. The smallest absolute Gasteiger partial charge is 0.359 e. The molecular weight excluding hydrogens is 936 g/mol. The molecule has 0 amide bonds. The molecule has 70 heavy (non-hydrogen) atoms. The van der Waals surface area contributed by atoms with Crippen LogP contribution in [0.2, 0.25) is 0 Å². The van der Waals surface area contributed by atoms with Crippen LogP contribution in [0.3, 0.4) is 0 Å². The Morgan fingerprint density at radius 1 is 0.671 bits per heavy atom. The average molecular weight is 976 g/mol. The SMILES string of the molecule is CCc1nn(-c2ccc(C#N)cc2)c(O)c1C=Nc1ccc(-c2ccccc2)cc1C(=O)O.[C-]#[N+]c1ccc(-n2nc(C(=O)OCC)c(C=Nc3ccc(-c4ccccc4)cc3C(=O)O)c2O)cc1.[Co]. The minimum absolute atomic E-state index is 0. The Hall–Kier alpha value is -9.42. The predicted molar refractivity (Wildman–Crippen MR) is 259 cm³/mol. The van der Waals surface area contributed by atoms with Gasteiger partial charge >= 0.3 is 17.9 Å². The van der Waals surface area contributed by atoms with E-state index in [1.807, 2.05) is 73.7 Å². The number of carbonyl (C=O) groups excluding carboxylic acids is 1. The quantitative estimate of drug-likeness (QED) is 0.0482. The minimum atomic E-state index is -1.18. The second-order valence-corrected chi connectivity index (χ2v) is 14.8. The summed E-state index contributed by atoms with van der Waals surface area (Å²) in [5.74, 6) is -3.55. The van der Waals surface area contributed by atoms with Crippen molar-refractivity contribution >= 4 is 47.4 Å². The summed E-state index contributed by atoms with van der Waals surface area (Å²) in [7, 11) is 0. The molecule has 0 spiro atoms. The summed E-state index contributed by atoms with van der Waals surface area (Å²) >= 11 is 0. The van der Waals surface area contributed by atoms with Gasteiger partial charge in [-0.15, -0.1) is 0 Å². The topological polar surface area (TPSA) is 230 Å². The normalized spacial score (nSPS) is 10.7. The van der Waals surface area contributed by atoms with E-state index in [2.05, 4.69) is 31.1 Å². The molecule has 0 unspecified atom stereocenters. The van der Waals surface area contributed by atoms with Gasteiger partial charge < -0.3 is 25.2 Å². The summed E-state index contributed by atoms with van der Waals surface area (Å²) < 4.78 is 7.56. The van der Waals surface area contributed by atoms with Crippen molar-refractivity contribution in [3.8, 4) is 51.5 Å². The van der Waals surface area contributed by atoms with Gasteiger partial charge in [-0.1, -0.05) is 91.9 Å². The fourth-order valence-electron chi connectivity index (χ4n) is 6.98. The molecule has 0 saturated carbocycles. The van der Waals surface area contributed by atoms with Crippen LogP contribution < -0.4 is 0 Å². The van der Waals surface area contributed by atoms with Gasteiger partial charge in [0.15, 0.2) is 11.4 Å². The van der Waals surface area contributed by atoms with E-state index in [0.717, 1.165) is 21.4 Å². The molecule has 0 bridgehead atoms. The second kappa shape index (κ2) is 22.9. The molecule has 349 valence electrons. The zero-order valence-electron chi connectivity index (χ0n) is 37.3. The van der Waals surface area contributed by atoms with Gasteiger partial charge in [-0.3, -0.25) is 9.98 Å². The number of hydrogen-bond donors (Lipinski definition) is 4. The van der Waals surface area contributed by atoms with Gasteiger partial charge in [0.2, 0.25) is 11.8 Å². The summed E-state index contributed by atoms with van der Waals surface area (Å²) in [6.45, 7) is 10.7. The number of aromatic hydroxyl groups is 2. The zero-order valence-corrected chi connectivity index (χ0v) is 38.3. The summed E-state index contributed by atoms with van der Waals surface area (Å²) in [5, 5.41) is 58.8. The number of carboxylic acid groups (broad SMARTS) is 2. The number of carboxylic acids is 2. The fourth-order valence-corrected chi connectivity index (χ4v) is 6.98. The number of carbonyl (C=O) groups is 3. The first-order valence-corrected chi connectivity index (χ1v) is 21.2. The maximum absolute atomic E-state index is 12.5. The molecule has 1 radical (unpaired) electrons. The van der Waals surface area contributed by atoms with Crippen molar-refractivity contribution in [2.75, 3.05) is 6.61 Å². The van der Waals surface area contributed by atoms with Crippen LogP contribution in [0.25, 0.3) is 38.5 Å². The number of rotatable bonds is 13. The van der Waals surface area contributed by atoms with Crippen molar-refractivity contribution in [2.24, 2.45) is 9.98 Å². The number of nitriles is 1. The third-order valence-electron chi connectivity index (χ3n) is 10.5.